The summed E-state index contributed by atoms with van der Waals surface area (Å²) in [5.41, 5.74) is -0.697. The lowest BCUT2D eigenvalue weighted by Gasteiger charge is -2.33. The van der Waals surface area contributed by atoms with E-state index in [0.717, 1.165) is 5.56 Å². The molecule has 0 N–H and O–H groups in total. The number of carbonyl (C=O) groups excluding carboxylic acids is 2. The standard InChI is InChI=1S/C21H34O5Si/c1-20(2,3)24-18(22)16(19(23)25-21(4,5)6)17(26-27(7,8)9)15-13-11-10-12-14-15/h10-14,16-17H,1-9H3. The lowest BCUT2D eigenvalue weighted by molar-refractivity contribution is -0.179. The van der Waals surface area contributed by atoms with Crippen molar-refractivity contribution in [1.29, 1.82) is 0 Å². The van der Waals surface area contributed by atoms with Gasteiger partial charge in [0.05, 0.1) is 6.10 Å². The van der Waals surface area contributed by atoms with Crippen LogP contribution in [0, 0.1) is 5.92 Å². The fourth-order valence-electron chi connectivity index (χ4n) is 2.43. The molecular formula is C21H34O5Si. The first-order valence-electron chi connectivity index (χ1n) is 9.27. The normalized spacial score (nSPS) is 14.0. The summed E-state index contributed by atoms with van der Waals surface area (Å²) in [6.07, 6.45) is -0.762. The number of rotatable bonds is 6. The smallest absolute Gasteiger partial charge is 0.323 e. The van der Waals surface area contributed by atoms with Gasteiger partial charge in [-0.2, -0.15) is 0 Å². The van der Waals surface area contributed by atoms with Crippen LogP contribution in [0.15, 0.2) is 30.3 Å². The van der Waals surface area contributed by atoms with Crippen LogP contribution < -0.4 is 0 Å². The Morgan fingerprint density at radius 1 is 0.815 bits per heavy atom. The molecule has 0 spiro atoms. The van der Waals surface area contributed by atoms with Gasteiger partial charge >= 0.3 is 11.9 Å². The van der Waals surface area contributed by atoms with Crippen molar-refractivity contribution in [3.63, 3.8) is 0 Å². The van der Waals surface area contributed by atoms with E-state index in [1.807, 2.05) is 50.0 Å². The minimum atomic E-state index is -2.09. The second kappa shape index (κ2) is 8.57. The van der Waals surface area contributed by atoms with Crippen molar-refractivity contribution in [2.24, 2.45) is 5.92 Å². The second-order valence-electron chi connectivity index (χ2n) is 9.61. The molecule has 1 aromatic rings. The van der Waals surface area contributed by atoms with Crippen LogP contribution >= 0.6 is 0 Å². The zero-order chi connectivity index (χ0) is 21.0. The molecule has 5 nitrogen and oxygen atoms in total. The largest absolute Gasteiger partial charge is 0.459 e. The summed E-state index contributed by atoms with van der Waals surface area (Å²) in [5, 5.41) is 0. The van der Waals surface area contributed by atoms with Crippen molar-refractivity contribution in [3.05, 3.63) is 35.9 Å². The Morgan fingerprint density at radius 2 is 1.22 bits per heavy atom. The van der Waals surface area contributed by atoms with E-state index in [-0.39, 0.29) is 0 Å². The first-order valence-corrected chi connectivity index (χ1v) is 12.7. The number of esters is 2. The van der Waals surface area contributed by atoms with Crippen molar-refractivity contribution in [1.82, 2.24) is 0 Å². The van der Waals surface area contributed by atoms with E-state index in [2.05, 4.69) is 0 Å². The van der Waals surface area contributed by atoms with Gasteiger partial charge in [0.1, 0.15) is 11.2 Å². The van der Waals surface area contributed by atoms with Gasteiger partial charge in [0, 0.05) is 0 Å². The van der Waals surface area contributed by atoms with Gasteiger partial charge in [-0.25, -0.2) is 0 Å². The van der Waals surface area contributed by atoms with Crippen LogP contribution in [0.1, 0.15) is 53.2 Å². The molecule has 0 bridgehead atoms. The van der Waals surface area contributed by atoms with Gasteiger partial charge in [-0.1, -0.05) is 30.3 Å². The van der Waals surface area contributed by atoms with Crippen molar-refractivity contribution in [3.8, 4) is 0 Å². The topological polar surface area (TPSA) is 61.8 Å². The molecule has 0 aromatic heterocycles. The summed E-state index contributed by atoms with van der Waals surface area (Å²) in [6.45, 7) is 16.7. The third kappa shape index (κ3) is 8.71. The van der Waals surface area contributed by atoms with Gasteiger partial charge < -0.3 is 13.9 Å². The van der Waals surface area contributed by atoms with Crippen molar-refractivity contribution < 1.29 is 23.5 Å². The minimum Gasteiger partial charge on any atom is -0.459 e. The summed E-state index contributed by atoms with van der Waals surface area (Å²) >= 11 is 0. The Bertz CT molecular complexity index is 607. The van der Waals surface area contributed by atoms with E-state index in [1.165, 1.54) is 0 Å². The Labute approximate surface area is 164 Å². The molecule has 0 fully saturated rings. The van der Waals surface area contributed by atoms with E-state index in [1.54, 1.807) is 41.5 Å². The summed E-state index contributed by atoms with van der Waals surface area (Å²) in [6, 6.07) is 9.30. The third-order valence-corrected chi connectivity index (χ3v) is 4.19. The molecule has 0 heterocycles. The first kappa shape index (κ1) is 23.4. The van der Waals surface area contributed by atoms with Crippen molar-refractivity contribution >= 4 is 20.3 Å². The molecule has 27 heavy (non-hydrogen) atoms. The fraction of sp³-hybridized carbons (Fsp3) is 0.619. The number of hydrogen-bond donors (Lipinski definition) is 0. The number of carbonyl (C=O) groups is 2. The maximum atomic E-state index is 13.0. The van der Waals surface area contributed by atoms with Gasteiger partial charge in [-0.15, -0.1) is 0 Å². The molecule has 1 aromatic carbocycles. The van der Waals surface area contributed by atoms with Crippen molar-refractivity contribution in [2.75, 3.05) is 0 Å². The van der Waals surface area contributed by atoms with Crippen LogP contribution in [-0.2, 0) is 23.5 Å². The zero-order valence-corrected chi connectivity index (χ0v) is 19.1. The van der Waals surface area contributed by atoms with E-state index < -0.39 is 43.5 Å². The van der Waals surface area contributed by atoms with E-state index in [4.69, 9.17) is 13.9 Å². The van der Waals surface area contributed by atoms with Gasteiger partial charge in [-0.3, -0.25) is 9.59 Å². The zero-order valence-electron chi connectivity index (χ0n) is 18.1. The van der Waals surface area contributed by atoms with E-state index in [9.17, 15) is 9.59 Å². The van der Waals surface area contributed by atoms with Gasteiger partial charge in [0.15, 0.2) is 14.2 Å². The van der Waals surface area contributed by atoms with Crippen LogP contribution in [0.4, 0.5) is 0 Å². The Balaban J connectivity index is 3.40. The maximum absolute atomic E-state index is 13.0. The highest BCUT2D eigenvalue weighted by molar-refractivity contribution is 6.69. The molecule has 1 rings (SSSR count). The third-order valence-electron chi connectivity index (χ3n) is 3.23. The first-order chi connectivity index (χ1) is 12.1. The average molecular weight is 395 g/mol. The predicted octanol–water partition coefficient (Wildman–Crippen LogP) is 4.88. The molecule has 0 aliphatic rings. The van der Waals surface area contributed by atoms with Crippen LogP contribution in [0.25, 0.3) is 0 Å². The predicted molar refractivity (Wildman–Crippen MR) is 109 cm³/mol. The van der Waals surface area contributed by atoms with Crippen LogP contribution in [0.2, 0.25) is 19.6 Å². The average Bonchev–Trinajstić information content (AvgIpc) is 2.42. The lowest BCUT2D eigenvalue weighted by Crippen LogP contribution is -2.43. The Hall–Kier alpha value is -1.66. The lowest BCUT2D eigenvalue weighted by atomic mass is 9.95. The minimum absolute atomic E-state index is 0.635. The van der Waals surface area contributed by atoms with Gasteiger partial charge in [0.2, 0.25) is 0 Å². The summed E-state index contributed by atoms with van der Waals surface area (Å²) in [7, 11) is -2.09. The molecule has 1 atom stereocenters. The number of ether oxygens (including phenoxy) is 2. The Kier molecular flexibility index (Phi) is 7.42. The van der Waals surface area contributed by atoms with Crippen LogP contribution in [0.5, 0.6) is 0 Å². The quantitative estimate of drug-likeness (QED) is 0.391. The molecule has 0 saturated carbocycles. The fourth-order valence-corrected chi connectivity index (χ4v) is 3.46. The maximum Gasteiger partial charge on any atom is 0.323 e. The second-order valence-corrected chi connectivity index (χ2v) is 14.1. The number of benzene rings is 1. The molecule has 6 heteroatoms. The molecule has 0 radical (unpaired) electrons. The highest BCUT2D eigenvalue weighted by Gasteiger charge is 2.43. The van der Waals surface area contributed by atoms with E-state index >= 15 is 0 Å². The Morgan fingerprint density at radius 3 is 1.56 bits per heavy atom. The van der Waals surface area contributed by atoms with E-state index in [0.29, 0.717) is 0 Å². The van der Waals surface area contributed by atoms with Gasteiger partial charge in [0.25, 0.3) is 0 Å². The highest BCUT2D eigenvalue weighted by atomic mass is 28.4. The summed E-state index contributed by atoms with van der Waals surface area (Å²) in [5.74, 6) is -2.47. The molecular weight excluding hydrogens is 360 g/mol. The molecule has 0 aliphatic carbocycles. The monoisotopic (exact) mass is 394 g/mol. The molecule has 0 aliphatic heterocycles. The summed E-state index contributed by atoms with van der Waals surface area (Å²) < 4.78 is 17.4. The highest BCUT2D eigenvalue weighted by Crippen LogP contribution is 2.33. The SMILES string of the molecule is CC(C)(C)OC(=O)C(C(=O)OC(C)(C)C)C(O[Si](C)(C)C)c1ccccc1. The molecule has 0 saturated heterocycles. The van der Waals surface area contributed by atoms with Gasteiger partial charge in [-0.05, 0) is 66.7 Å². The molecule has 1 unspecified atom stereocenters. The van der Waals surface area contributed by atoms with Crippen LogP contribution in [0.3, 0.4) is 0 Å². The number of hydrogen-bond acceptors (Lipinski definition) is 5. The molecule has 0 amide bonds. The van der Waals surface area contributed by atoms with Crippen molar-refractivity contribution in [2.45, 2.75) is 78.5 Å². The summed E-state index contributed by atoms with van der Waals surface area (Å²) in [4.78, 5) is 26.0. The van der Waals surface area contributed by atoms with Crippen LogP contribution in [-0.4, -0.2) is 31.5 Å². The molecule has 152 valence electrons.